The highest BCUT2D eigenvalue weighted by Gasteiger charge is 2.29. The van der Waals surface area contributed by atoms with Crippen LogP contribution < -0.4 is 21.3 Å². The van der Waals surface area contributed by atoms with Crippen molar-refractivity contribution < 1.29 is 32.7 Å². The molecule has 0 saturated carbocycles. The van der Waals surface area contributed by atoms with E-state index in [9.17, 15) is 32.7 Å². The van der Waals surface area contributed by atoms with Gasteiger partial charge >= 0.3 is 12.0 Å². The van der Waals surface area contributed by atoms with Crippen LogP contribution >= 0.6 is 0 Å². The third kappa shape index (κ3) is 10.3. The molecule has 1 unspecified atom stereocenters. The van der Waals surface area contributed by atoms with Crippen LogP contribution in [0.5, 0.6) is 0 Å². The minimum Gasteiger partial charge on any atom is -0.481 e. The number of amides is 3. The second kappa shape index (κ2) is 14.5. The third-order valence-electron chi connectivity index (χ3n) is 6.58. The lowest BCUT2D eigenvalue weighted by Gasteiger charge is -2.26. The Morgan fingerprint density at radius 2 is 1.42 bits per heavy atom. The van der Waals surface area contributed by atoms with E-state index < -0.39 is 51.5 Å². The molecule has 0 aliphatic heterocycles. The van der Waals surface area contributed by atoms with Gasteiger partial charge in [-0.3, -0.25) is 14.4 Å². The molecule has 0 fully saturated rings. The molecule has 12 heteroatoms. The molecule has 0 aromatic heterocycles. The van der Waals surface area contributed by atoms with Gasteiger partial charge in [0.25, 0.3) is 0 Å². The first-order valence-electron chi connectivity index (χ1n) is 13.6. The Hall–Kier alpha value is -4.71. The highest BCUT2D eigenvalue weighted by molar-refractivity contribution is 7.91. The highest BCUT2D eigenvalue weighted by Crippen LogP contribution is 2.21. The van der Waals surface area contributed by atoms with Crippen molar-refractivity contribution in [1.82, 2.24) is 5.32 Å². The van der Waals surface area contributed by atoms with Gasteiger partial charge in [-0.1, -0.05) is 36.4 Å². The van der Waals surface area contributed by atoms with Gasteiger partial charge in [0.2, 0.25) is 5.91 Å². The number of carboxylic acids is 1. The summed E-state index contributed by atoms with van der Waals surface area (Å²) in [6.45, 7) is 5.21. The molecule has 3 amide bonds. The maximum Gasteiger partial charge on any atom is 0.323 e. The number of hydrogen-bond acceptors (Lipinski definition) is 7. The maximum absolute atomic E-state index is 13.0. The molecule has 3 aromatic carbocycles. The van der Waals surface area contributed by atoms with Crippen molar-refractivity contribution in [3.8, 4) is 0 Å². The second-order valence-electron chi connectivity index (χ2n) is 10.6. The standard InChI is InChI=1S/C31H36N4O7S/c1-21-9-7-8-12-26(21)34-30(40)33-22-13-15-23(16-14-22)35-31(2,3)27(36)17-18-28(37)32-24(19-29(38)39)20-43(41,42)25-10-5-4-6-11-25/h4-16,24,35H,17-20H2,1-3H3,(H,32,37)(H,38,39)(H2,33,34,40). The number of carbonyl (C=O) groups excluding carboxylic acids is 3. The van der Waals surface area contributed by atoms with Gasteiger partial charge in [0.15, 0.2) is 15.6 Å². The van der Waals surface area contributed by atoms with E-state index in [1.807, 2.05) is 25.1 Å². The van der Waals surface area contributed by atoms with Crippen LogP contribution in [0.25, 0.3) is 0 Å². The van der Waals surface area contributed by atoms with Crippen LogP contribution in [0.2, 0.25) is 0 Å². The van der Waals surface area contributed by atoms with Gasteiger partial charge in [0.1, 0.15) is 0 Å². The summed E-state index contributed by atoms with van der Waals surface area (Å²) in [6, 6.07) is 20.2. The minimum absolute atomic E-state index is 0.0250. The van der Waals surface area contributed by atoms with Crippen molar-refractivity contribution in [3.05, 3.63) is 84.4 Å². The molecule has 228 valence electrons. The largest absolute Gasteiger partial charge is 0.481 e. The molecule has 11 nitrogen and oxygen atoms in total. The van der Waals surface area contributed by atoms with Crippen LogP contribution in [-0.2, 0) is 24.2 Å². The summed E-state index contributed by atoms with van der Waals surface area (Å²) < 4.78 is 25.4. The van der Waals surface area contributed by atoms with Crippen LogP contribution in [0.1, 0.15) is 38.7 Å². The first-order valence-corrected chi connectivity index (χ1v) is 15.2. The van der Waals surface area contributed by atoms with E-state index in [1.54, 1.807) is 62.4 Å². The fraction of sp³-hybridized carbons (Fsp3) is 0.290. The molecule has 0 bridgehead atoms. The number of anilines is 3. The number of aliphatic carboxylic acids is 1. The Kier molecular flexibility index (Phi) is 11.0. The van der Waals surface area contributed by atoms with E-state index >= 15 is 0 Å². The zero-order valence-electron chi connectivity index (χ0n) is 24.2. The number of urea groups is 1. The van der Waals surface area contributed by atoms with E-state index in [4.69, 9.17) is 0 Å². The molecule has 3 aromatic rings. The van der Waals surface area contributed by atoms with Crippen LogP contribution in [0.4, 0.5) is 21.9 Å². The summed E-state index contributed by atoms with van der Waals surface area (Å²) in [5.74, 6) is -2.76. The molecule has 0 aliphatic rings. The normalized spacial score (nSPS) is 12.1. The fourth-order valence-corrected chi connectivity index (χ4v) is 5.75. The number of Topliss-reactive ketones (excluding diaryl/α,β-unsaturated/α-hetero) is 1. The Balaban J connectivity index is 1.52. The van der Waals surface area contributed by atoms with Crippen molar-refractivity contribution in [3.63, 3.8) is 0 Å². The first kappa shape index (κ1) is 32.8. The predicted molar refractivity (Wildman–Crippen MR) is 165 cm³/mol. The zero-order valence-corrected chi connectivity index (χ0v) is 25.0. The quantitative estimate of drug-likeness (QED) is 0.177. The van der Waals surface area contributed by atoms with E-state index in [2.05, 4.69) is 21.3 Å². The van der Waals surface area contributed by atoms with E-state index in [0.29, 0.717) is 17.1 Å². The number of benzene rings is 3. The Morgan fingerprint density at radius 3 is 2.05 bits per heavy atom. The van der Waals surface area contributed by atoms with Crippen LogP contribution in [0.3, 0.4) is 0 Å². The van der Waals surface area contributed by atoms with E-state index in [-0.39, 0.29) is 23.5 Å². The number of ketones is 1. The molecule has 0 heterocycles. The van der Waals surface area contributed by atoms with Crippen molar-refractivity contribution in [2.75, 3.05) is 21.7 Å². The summed E-state index contributed by atoms with van der Waals surface area (Å²) in [7, 11) is -3.85. The lowest BCUT2D eigenvalue weighted by atomic mass is 9.94. The SMILES string of the molecule is Cc1ccccc1NC(=O)Nc1ccc(NC(C)(C)C(=O)CCC(=O)NC(CC(=O)O)CS(=O)(=O)c2ccccc2)cc1. The molecular formula is C31H36N4O7S. The molecule has 43 heavy (non-hydrogen) atoms. The molecular weight excluding hydrogens is 572 g/mol. The van der Waals surface area contributed by atoms with Crippen molar-refractivity contribution >= 4 is 50.6 Å². The topological polar surface area (TPSA) is 171 Å². The van der Waals surface area contributed by atoms with Gasteiger partial charge in [0, 0.05) is 29.9 Å². The highest BCUT2D eigenvalue weighted by atomic mass is 32.2. The van der Waals surface area contributed by atoms with Gasteiger partial charge in [-0.25, -0.2) is 13.2 Å². The average molecular weight is 609 g/mol. The minimum atomic E-state index is -3.85. The van der Waals surface area contributed by atoms with Crippen molar-refractivity contribution in [2.24, 2.45) is 0 Å². The van der Waals surface area contributed by atoms with Gasteiger partial charge < -0.3 is 26.4 Å². The summed E-state index contributed by atoms with van der Waals surface area (Å²) in [5, 5.41) is 20.3. The van der Waals surface area contributed by atoms with Gasteiger partial charge in [-0.2, -0.15) is 0 Å². The Morgan fingerprint density at radius 1 is 0.814 bits per heavy atom. The van der Waals surface area contributed by atoms with Gasteiger partial charge in [-0.05, 0) is 68.8 Å². The van der Waals surface area contributed by atoms with E-state index in [0.717, 1.165) is 5.56 Å². The molecule has 5 N–H and O–H groups in total. The lowest BCUT2D eigenvalue weighted by molar-refractivity contribution is -0.137. The summed E-state index contributed by atoms with van der Waals surface area (Å²) >= 11 is 0. The molecule has 0 spiro atoms. The zero-order chi connectivity index (χ0) is 31.6. The number of hydrogen-bond donors (Lipinski definition) is 5. The van der Waals surface area contributed by atoms with E-state index in [1.165, 1.54) is 12.1 Å². The van der Waals surface area contributed by atoms with Crippen molar-refractivity contribution in [1.29, 1.82) is 0 Å². The predicted octanol–water partition coefficient (Wildman–Crippen LogP) is 4.61. The van der Waals surface area contributed by atoms with Crippen molar-refractivity contribution in [2.45, 2.75) is 56.5 Å². The number of nitrogens with one attached hydrogen (secondary N) is 4. The molecule has 0 saturated heterocycles. The number of carboxylic acid groups (broad SMARTS) is 1. The number of aryl methyl sites for hydroxylation is 1. The summed E-state index contributed by atoms with van der Waals surface area (Å²) in [4.78, 5) is 49.2. The Bertz CT molecular complexity index is 1560. The van der Waals surface area contributed by atoms with Crippen LogP contribution in [0.15, 0.2) is 83.8 Å². The first-order chi connectivity index (χ1) is 20.2. The van der Waals surface area contributed by atoms with Gasteiger partial charge in [-0.15, -0.1) is 0 Å². The second-order valence-corrected chi connectivity index (χ2v) is 12.6. The fourth-order valence-electron chi connectivity index (χ4n) is 4.26. The average Bonchev–Trinajstić information content (AvgIpc) is 2.93. The number of rotatable bonds is 14. The molecule has 0 aliphatic carbocycles. The molecule has 1 atom stereocenters. The monoisotopic (exact) mass is 608 g/mol. The summed E-state index contributed by atoms with van der Waals surface area (Å²) in [6.07, 6.45) is -0.989. The maximum atomic E-state index is 13.0. The number of carbonyl (C=O) groups is 4. The number of sulfone groups is 1. The lowest BCUT2D eigenvalue weighted by Crippen LogP contribution is -2.43. The molecule has 0 radical (unpaired) electrons. The molecule has 3 rings (SSSR count). The van der Waals surface area contributed by atoms with Gasteiger partial charge in [0.05, 0.1) is 28.6 Å². The number of para-hydroxylation sites is 1. The smallest absolute Gasteiger partial charge is 0.323 e. The Labute approximate surface area is 251 Å². The summed E-state index contributed by atoms with van der Waals surface area (Å²) in [5.41, 5.74) is 1.72. The van der Waals surface area contributed by atoms with Crippen LogP contribution in [0, 0.1) is 6.92 Å². The van der Waals surface area contributed by atoms with Crippen LogP contribution in [-0.4, -0.2) is 54.5 Å². The third-order valence-corrected chi connectivity index (χ3v) is 8.41.